The summed E-state index contributed by atoms with van der Waals surface area (Å²) in [5, 5.41) is 4.85. The molecule has 2 aromatic rings. The van der Waals surface area contributed by atoms with Crippen LogP contribution in [0.1, 0.15) is 46.4 Å². The van der Waals surface area contributed by atoms with Crippen molar-refractivity contribution in [2.75, 3.05) is 45.8 Å². The average Bonchev–Trinajstić information content (AvgIpc) is 3.31. The third-order valence-corrected chi connectivity index (χ3v) is 7.05. The zero-order valence-electron chi connectivity index (χ0n) is 18.4. The Hall–Kier alpha value is -2.77. The number of nitrogens with zero attached hydrogens (tertiary/aromatic N) is 3. The number of amides is 3. The molecule has 2 aliphatic heterocycles. The molecule has 0 aromatic heterocycles. The van der Waals surface area contributed by atoms with Crippen LogP contribution in [0.4, 0.5) is 0 Å². The van der Waals surface area contributed by atoms with Gasteiger partial charge in [0.25, 0.3) is 11.8 Å². The minimum Gasteiger partial charge on any atom is -0.352 e. The van der Waals surface area contributed by atoms with Gasteiger partial charge in [-0.15, -0.1) is 0 Å². The van der Waals surface area contributed by atoms with Crippen molar-refractivity contribution < 1.29 is 14.4 Å². The summed E-state index contributed by atoms with van der Waals surface area (Å²) in [4.78, 5) is 44.2. The quantitative estimate of drug-likeness (QED) is 0.705. The summed E-state index contributed by atoms with van der Waals surface area (Å²) < 4.78 is 0. The van der Waals surface area contributed by atoms with Gasteiger partial charge < -0.3 is 5.32 Å². The van der Waals surface area contributed by atoms with Gasteiger partial charge in [-0.3, -0.25) is 29.1 Å². The van der Waals surface area contributed by atoms with E-state index in [4.69, 9.17) is 0 Å². The van der Waals surface area contributed by atoms with Crippen molar-refractivity contribution >= 4 is 28.5 Å². The molecule has 2 heterocycles. The van der Waals surface area contributed by atoms with Gasteiger partial charge in [0.2, 0.25) is 5.91 Å². The van der Waals surface area contributed by atoms with E-state index >= 15 is 0 Å². The van der Waals surface area contributed by atoms with Crippen LogP contribution < -0.4 is 5.32 Å². The third kappa shape index (κ3) is 4.14. The Labute approximate surface area is 188 Å². The number of piperazine rings is 1. The van der Waals surface area contributed by atoms with Crippen LogP contribution >= 0.6 is 0 Å². The molecule has 2 aromatic carbocycles. The van der Waals surface area contributed by atoms with E-state index in [0.29, 0.717) is 36.8 Å². The molecule has 7 nitrogen and oxygen atoms in total. The van der Waals surface area contributed by atoms with Crippen LogP contribution in [0.15, 0.2) is 36.4 Å². The number of carbonyl (C=O) groups excluding carboxylic acids is 3. The maximum Gasteiger partial charge on any atom is 0.261 e. The van der Waals surface area contributed by atoms with Crippen LogP contribution in [-0.2, 0) is 4.79 Å². The molecule has 5 rings (SSSR count). The van der Waals surface area contributed by atoms with Crippen molar-refractivity contribution in [3.05, 3.63) is 47.5 Å². The van der Waals surface area contributed by atoms with E-state index in [1.165, 1.54) is 17.7 Å². The highest BCUT2D eigenvalue weighted by molar-refractivity contribution is 6.25. The molecular weight excluding hydrogens is 404 g/mol. The number of imide groups is 1. The lowest BCUT2D eigenvalue weighted by molar-refractivity contribution is -0.123. The maximum absolute atomic E-state index is 13.0. The van der Waals surface area contributed by atoms with E-state index in [-0.39, 0.29) is 17.7 Å². The number of benzene rings is 2. The lowest BCUT2D eigenvalue weighted by Gasteiger charge is -2.36. The Morgan fingerprint density at radius 2 is 1.44 bits per heavy atom. The molecule has 0 radical (unpaired) electrons. The van der Waals surface area contributed by atoms with Crippen molar-refractivity contribution in [3.63, 3.8) is 0 Å². The first-order valence-electron chi connectivity index (χ1n) is 11.7. The molecular formula is C25H30N4O3. The smallest absolute Gasteiger partial charge is 0.261 e. The van der Waals surface area contributed by atoms with Crippen LogP contribution in [0.25, 0.3) is 10.8 Å². The summed E-state index contributed by atoms with van der Waals surface area (Å²) >= 11 is 0. The van der Waals surface area contributed by atoms with Gasteiger partial charge in [0.1, 0.15) is 0 Å². The zero-order chi connectivity index (χ0) is 22.1. The van der Waals surface area contributed by atoms with Gasteiger partial charge in [-0.25, -0.2) is 0 Å². The van der Waals surface area contributed by atoms with Gasteiger partial charge in [-0.05, 0) is 30.4 Å². The number of nitrogens with one attached hydrogen (secondary N) is 1. The molecule has 2 fully saturated rings. The van der Waals surface area contributed by atoms with Gasteiger partial charge in [0.05, 0.1) is 6.54 Å². The lowest BCUT2D eigenvalue weighted by Crippen LogP contribution is -2.52. The van der Waals surface area contributed by atoms with Crippen LogP contribution in [0.3, 0.4) is 0 Å². The molecule has 1 aliphatic carbocycles. The first-order valence-corrected chi connectivity index (χ1v) is 11.7. The minimum atomic E-state index is -0.207. The molecule has 0 unspecified atom stereocenters. The van der Waals surface area contributed by atoms with Crippen molar-refractivity contribution in [2.24, 2.45) is 0 Å². The molecule has 168 valence electrons. The second kappa shape index (κ2) is 9.00. The number of rotatable bonds is 6. The van der Waals surface area contributed by atoms with Crippen LogP contribution in [-0.4, -0.2) is 84.3 Å². The molecule has 7 heteroatoms. The molecule has 3 amide bonds. The second-order valence-corrected chi connectivity index (χ2v) is 9.14. The molecule has 3 aliphatic rings. The van der Waals surface area contributed by atoms with E-state index < -0.39 is 0 Å². The fourth-order valence-electron chi connectivity index (χ4n) is 5.24. The highest BCUT2D eigenvalue weighted by atomic mass is 16.2. The monoisotopic (exact) mass is 434 g/mol. The summed E-state index contributed by atoms with van der Waals surface area (Å²) in [5.74, 6) is -0.286. The predicted molar refractivity (Wildman–Crippen MR) is 123 cm³/mol. The highest BCUT2D eigenvalue weighted by Crippen LogP contribution is 2.29. The third-order valence-electron chi connectivity index (χ3n) is 7.05. The van der Waals surface area contributed by atoms with E-state index in [0.717, 1.165) is 49.8 Å². The first kappa shape index (κ1) is 21.1. The fraction of sp³-hybridized carbons (Fsp3) is 0.480. The van der Waals surface area contributed by atoms with Gasteiger partial charge >= 0.3 is 0 Å². The van der Waals surface area contributed by atoms with Crippen LogP contribution in [0.2, 0.25) is 0 Å². The van der Waals surface area contributed by atoms with Crippen molar-refractivity contribution in [1.82, 2.24) is 20.0 Å². The lowest BCUT2D eigenvalue weighted by atomic mass is 9.94. The summed E-state index contributed by atoms with van der Waals surface area (Å²) in [6.45, 7) is 4.79. The average molecular weight is 435 g/mol. The number of hydrogen-bond donors (Lipinski definition) is 1. The number of hydrogen-bond acceptors (Lipinski definition) is 5. The SMILES string of the molecule is O=C(CN1CCN(CCN2C(=O)c3cccc4cccc(c34)C2=O)CC1)NC1CCCC1. The van der Waals surface area contributed by atoms with Crippen molar-refractivity contribution in [3.8, 4) is 0 Å². The van der Waals surface area contributed by atoms with Gasteiger partial charge in [-0.2, -0.15) is 0 Å². The second-order valence-electron chi connectivity index (χ2n) is 9.14. The maximum atomic E-state index is 13.0. The standard InChI is InChI=1S/C25H30N4O3/c30-22(26-19-7-1-2-8-19)17-28-13-11-27(12-14-28)15-16-29-24(31)20-9-3-5-18-6-4-10-21(23(18)20)25(29)32/h3-6,9-10,19H,1-2,7-8,11-17H2,(H,26,30). The zero-order valence-corrected chi connectivity index (χ0v) is 18.4. The van der Waals surface area contributed by atoms with Crippen molar-refractivity contribution in [1.29, 1.82) is 0 Å². The fourth-order valence-corrected chi connectivity index (χ4v) is 5.24. The Morgan fingerprint density at radius 3 is 2.06 bits per heavy atom. The normalized spacial score (nSPS) is 20.3. The molecule has 0 atom stereocenters. The summed E-state index contributed by atoms with van der Waals surface area (Å²) in [5.41, 5.74) is 1.21. The first-order chi connectivity index (χ1) is 15.6. The van der Waals surface area contributed by atoms with E-state index in [1.807, 2.05) is 36.4 Å². The molecule has 0 bridgehead atoms. The summed E-state index contributed by atoms with van der Waals surface area (Å²) in [6, 6.07) is 11.6. The van der Waals surface area contributed by atoms with Gasteiger partial charge in [0.15, 0.2) is 0 Å². The largest absolute Gasteiger partial charge is 0.352 e. The molecule has 1 saturated heterocycles. The Bertz CT molecular complexity index is 988. The van der Waals surface area contributed by atoms with E-state index in [1.54, 1.807) is 0 Å². The topological polar surface area (TPSA) is 73.0 Å². The molecule has 32 heavy (non-hydrogen) atoms. The molecule has 0 spiro atoms. The van der Waals surface area contributed by atoms with Crippen molar-refractivity contribution in [2.45, 2.75) is 31.7 Å². The van der Waals surface area contributed by atoms with Crippen LogP contribution in [0, 0.1) is 0 Å². The highest BCUT2D eigenvalue weighted by Gasteiger charge is 2.33. The van der Waals surface area contributed by atoms with Gasteiger partial charge in [0, 0.05) is 61.8 Å². The molecule has 1 N–H and O–H groups in total. The molecule has 1 saturated carbocycles. The Balaban J connectivity index is 1.14. The number of carbonyl (C=O) groups is 3. The van der Waals surface area contributed by atoms with Gasteiger partial charge in [-0.1, -0.05) is 37.1 Å². The van der Waals surface area contributed by atoms with E-state index in [2.05, 4.69) is 15.1 Å². The van der Waals surface area contributed by atoms with E-state index in [9.17, 15) is 14.4 Å². The Kier molecular flexibility index (Phi) is 5.93. The van der Waals surface area contributed by atoms with Crippen LogP contribution in [0.5, 0.6) is 0 Å². The summed E-state index contributed by atoms with van der Waals surface area (Å²) in [6.07, 6.45) is 4.64. The Morgan fingerprint density at radius 1 is 0.844 bits per heavy atom. The summed E-state index contributed by atoms with van der Waals surface area (Å²) in [7, 11) is 0. The minimum absolute atomic E-state index is 0.128. The predicted octanol–water partition coefficient (Wildman–Crippen LogP) is 2.11.